The van der Waals surface area contributed by atoms with Gasteiger partial charge in [-0.15, -0.1) is 0 Å². The van der Waals surface area contributed by atoms with Crippen LogP contribution in [0.3, 0.4) is 0 Å². The first-order chi connectivity index (χ1) is 26.2. The second kappa shape index (κ2) is 46.5. The van der Waals surface area contributed by atoms with Crippen molar-refractivity contribution in [3.8, 4) is 0 Å². The Balaban J connectivity index is 4.08. The van der Waals surface area contributed by atoms with Gasteiger partial charge in [-0.25, -0.2) is 0 Å². The van der Waals surface area contributed by atoms with Crippen molar-refractivity contribution < 1.29 is 13.6 Å². The minimum Gasteiger partial charge on any atom is -0.330 e. The Morgan fingerprint density at radius 2 is 0.623 bits per heavy atom. The first-order valence-electron chi connectivity index (χ1n) is 24.5. The molecular weight excluding hydrogens is 672 g/mol. The topological polar surface area (TPSA) is 73.6 Å². The standard InChI is InChI=1S/C47H99N2O3P/c1-3-5-7-9-11-13-15-17-19-22-26-30-34-38-45-51-53(50,47-40-36-32-28-24-21-25-29-33-37-43-49-44-41-42-48)52-46-39-35-31-27-23-20-18-16-14-12-10-8-6-4-2/h49H,3-48H2,1-2H3. The molecule has 3 N–H and O–H groups in total. The zero-order valence-electron chi connectivity index (χ0n) is 36.6. The molecule has 6 heteroatoms. The second-order valence-electron chi connectivity index (χ2n) is 16.6. The molecule has 0 spiro atoms. The monoisotopic (exact) mass is 771 g/mol. The van der Waals surface area contributed by atoms with Crippen molar-refractivity contribution in [3.05, 3.63) is 0 Å². The Morgan fingerprint density at radius 1 is 0.358 bits per heavy atom. The van der Waals surface area contributed by atoms with Crippen molar-refractivity contribution in [1.29, 1.82) is 0 Å². The van der Waals surface area contributed by atoms with E-state index in [1.54, 1.807) is 0 Å². The zero-order valence-corrected chi connectivity index (χ0v) is 37.5. The van der Waals surface area contributed by atoms with Gasteiger partial charge in [0.25, 0.3) is 0 Å². The average molecular weight is 771 g/mol. The first-order valence-corrected chi connectivity index (χ1v) is 26.2. The molecule has 53 heavy (non-hydrogen) atoms. The maximum absolute atomic E-state index is 13.8. The van der Waals surface area contributed by atoms with Crippen LogP contribution in [0.5, 0.6) is 0 Å². The number of unbranched alkanes of at least 4 members (excludes halogenated alkanes) is 35. The number of nitrogens with one attached hydrogen (secondary N) is 1. The molecule has 0 radical (unpaired) electrons. The van der Waals surface area contributed by atoms with E-state index < -0.39 is 7.60 Å². The van der Waals surface area contributed by atoms with E-state index in [-0.39, 0.29) is 0 Å². The molecule has 0 fully saturated rings. The van der Waals surface area contributed by atoms with Crippen molar-refractivity contribution in [2.75, 3.05) is 39.0 Å². The fraction of sp³-hybridized carbons (Fsp3) is 1.00. The van der Waals surface area contributed by atoms with Crippen LogP contribution in [0, 0.1) is 0 Å². The summed E-state index contributed by atoms with van der Waals surface area (Å²) in [7, 11) is -2.99. The van der Waals surface area contributed by atoms with Gasteiger partial charge in [0.15, 0.2) is 0 Å². The van der Waals surface area contributed by atoms with E-state index in [0.29, 0.717) is 19.4 Å². The predicted octanol–water partition coefficient (Wildman–Crippen LogP) is 16.0. The lowest BCUT2D eigenvalue weighted by atomic mass is 10.0. The second-order valence-corrected chi connectivity index (χ2v) is 18.8. The van der Waals surface area contributed by atoms with Crippen LogP contribution in [-0.4, -0.2) is 39.0 Å². The number of nitrogens with two attached hydrogens (primary N) is 1. The molecule has 0 aliphatic carbocycles. The Hall–Kier alpha value is 0.0700. The van der Waals surface area contributed by atoms with Crippen molar-refractivity contribution >= 4 is 7.60 Å². The molecular formula is C47H99N2O3P. The summed E-state index contributed by atoms with van der Waals surface area (Å²) in [6, 6.07) is 0. The fourth-order valence-corrected chi connectivity index (χ4v) is 9.25. The van der Waals surface area contributed by atoms with Crippen LogP contribution < -0.4 is 11.1 Å². The Morgan fingerprint density at radius 3 is 0.943 bits per heavy atom. The van der Waals surface area contributed by atoms with Crippen LogP contribution in [0.4, 0.5) is 0 Å². The van der Waals surface area contributed by atoms with Gasteiger partial charge in [0.1, 0.15) is 0 Å². The molecule has 0 aliphatic heterocycles. The molecule has 0 saturated carbocycles. The van der Waals surface area contributed by atoms with E-state index in [1.165, 1.54) is 218 Å². The molecule has 0 heterocycles. The van der Waals surface area contributed by atoms with Crippen LogP contribution in [0.1, 0.15) is 264 Å². The van der Waals surface area contributed by atoms with Gasteiger partial charge in [0.05, 0.1) is 19.4 Å². The van der Waals surface area contributed by atoms with Crippen LogP contribution in [0.25, 0.3) is 0 Å². The molecule has 0 bridgehead atoms. The summed E-state index contributed by atoms with van der Waals surface area (Å²) in [6.45, 7) is 8.76. The highest BCUT2D eigenvalue weighted by Gasteiger charge is 2.23. The van der Waals surface area contributed by atoms with Crippen molar-refractivity contribution in [1.82, 2.24) is 5.32 Å². The minimum atomic E-state index is -2.99. The number of hydrogen-bond acceptors (Lipinski definition) is 5. The molecule has 320 valence electrons. The smallest absolute Gasteiger partial charge is 0.330 e. The molecule has 5 nitrogen and oxygen atoms in total. The largest absolute Gasteiger partial charge is 0.330 e. The summed E-state index contributed by atoms with van der Waals surface area (Å²) >= 11 is 0. The third kappa shape index (κ3) is 44.7. The van der Waals surface area contributed by atoms with E-state index in [2.05, 4.69) is 19.2 Å². The third-order valence-corrected chi connectivity index (χ3v) is 13.2. The van der Waals surface area contributed by atoms with Gasteiger partial charge in [-0.1, -0.05) is 232 Å². The van der Waals surface area contributed by atoms with Gasteiger partial charge >= 0.3 is 7.60 Å². The Kier molecular flexibility index (Phi) is 46.5. The lowest BCUT2D eigenvalue weighted by molar-refractivity contribution is 0.197. The third-order valence-electron chi connectivity index (χ3n) is 11.2. The van der Waals surface area contributed by atoms with Gasteiger partial charge < -0.3 is 20.1 Å². The summed E-state index contributed by atoms with van der Waals surface area (Å²) in [6.07, 6.45) is 52.1. The maximum atomic E-state index is 13.8. The van der Waals surface area contributed by atoms with Gasteiger partial charge in [-0.3, -0.25) is 4.57 Å². The van der Waals surface area contributed by atoms with E-state index in [0.717, 1.165) is 51.7 Å². The average Bonchev–Trinajstić information content (AvgIpc) is 3.16. The van der Waals surface area contributed by atoms with Crippen LogP contribution >= 0.6 is 7.60 Å². The van der Waals surface area contributed by atoms with Gasteiger partial charge in [0, 0.05) is 0 Å². The number of rotatable bonds is 48. The zero-order chi connectivity index (χ0) is 38.4. The molecule has 0 atom stereocenters. The van der Waals surface area contributed by atoms with Gasteiger partial charge in [-0.05, 0) is 51.7 Å². The van der Waals surface area contributed by atoms with Gasteiger partial charge in [-0.2, -0.15) is 0 Å². The molecule has 0 aliphatic rings. The van der Waals surface area contributed by atoms with E-state index in [4.69, 9.17) is 14.8 Å². The molecule has 0 unspecified atom stereocenters. The lowest BCUT2D eigenvalue weighted by Crippen LogP contribution is -2.19. The normalized spacial score (nSPS) is 12.0. The summed E-state index contributed by atoms with van der Waals surface area (Å²) < 4.78 is 26.0. The van der Waals surface area contributed by atoms with E-state index in [9.17, 15) is 4.57 Å². The molecule has 0 saturated heterocycles. The highest BCUT2D eigenvalue weighted by molar-refractivity contribution is 7.53. The quantitative estimate of drug-likeness (QED) is 0.0476. The molecule has 0 aromatic carbocycles. The maximum Gasteiger partial charge on any atom is 0.330 e. The Labute approximate surface area is 334 Å². The lowest BCUT2D eigenvalue weighted by Gasteiger charge is -2.19. The molecule has 0 rings (SSSR count). The fourth-order valence-electron chi connectivity index (χ4n) is 7.49. The van der Waals surface area contributed by atoms with E-state index >= 15 is 0 Å². The summed E-state index contributed by atoms with van der Waals surface area (Å²) in [5.41, 5.74) is 5.55. The Bertz CT molecular complexity index is 619. The van der Waals surface area contributed by atoms with Gasteiger partial charge in [0.2, 0.25) is 0 Å². The van der Waals surface area contributed by atoms with Crippen LogP contribution in [0.15, 0.2) is 0 Å². The van der Waals surface area contributed by atoms with Crippen LogP contribution in [-0.2, 0) is 13.6 Å². The SMILES string of the molecule is CCCCCCCCCCCCCCCCOP(=O)(CCCCCCCCCCCCNCCCN)OCCCCCCCCCCCCCCCC. The minimum absolute atomic E-state index is 0.595. The predicted molar refractivity (Wildman–Crippen MR) is 238 cm³/mol. The van der Waals surface area contributed by atoms with Crippen molar-refractivity contribution in [2.24, 2.45) is 5.73 Å². The summed E-state index contributed by atoms with van der Waals surface area (Å²) in [4.78, 5) is 0. The summed E-state index contributed by atoms with van der Waals surface area (Å²) in [5, 5.41) is 3.48. The van der Waals surface area contributed by atoms with Crippen molar-refractivity contribution in [2.45, 2.75) is 264 Å². The molecule has 0 amide bonds. The molecule has 0 aromatic heterocycles. The highest BCUT2D eigenvalue weighted by Crippen LogP contribution is 2.49. The summed E-state index contributed by atoms with van der Waals surface area (Å²) in [5.74, 6) is 0. The van der Waals surface area contributed by atoms with Crippen molar-refractivity contribution in [3.63, 3.8) is 0 Å². The van der Waals surface area contributed by atoms with E-state index in [1.807, 2.05) is 0 Å². The van der Waals surface area contributed by atoms with Crippen LogP contribution in [0.2, 0.25) is 0 Å². The molecule has 0 aromatic rings. The highest BCUT2D eigenvalue weighted by atomic mass is 31.2. The number of hydrogen-bond donors (Lipinski definition) is 2. The first kappa shape index (κ1) is 53.1.